The van der Waals surface area contributed by atoms with Crippen LogP contribution in [0.15, 0.2) is 24.4 Å². The van der Waals surface area contributed by atoms with E-state index in [-0.39, 0.29) is 0 Å². The highest BCUT2D eigenvalue weighted by atomic mass is 15.3. The number of hydrogen-bond acceptors (Lipinski definition) is 4. The third-order valence-corrected chi connectivity index (χ3v) is 3.64. The number of aryl methyl sites for hydroxylation is 2. The molecule has 0 aliphatic carbocycles. The lowest BCUT2D eigenvalue weighted by molar-refractivity contribution is 0.390. The molecule has 5 nitrogen and oxygen atoms in total. The highest BCUT2D eigenvalue weighted by molar-refractivity contribution is 5.38. The van der Waals surface area contributed by atoms with Gasteiger partial charge in [0.15, 0.2) is 0 Å². The minimum absolute atomic E-state index is 0.570. The smallest absolute Gasteiger partial charge is 0.124 e. The number of aromatic nitrogens is 3. The second kappa shape index (κ2) is 5.63. The van der Waals surface area contributed by atoms with E-state index < -0.39 is 0 Å². The van der Waals surface area contributed by atoms with Gasteiger partial charge in [0.25, 0.3) is 0 Å². The van der Waals surface area contributed by atoms with Crippen LogP contribution < -0.4 is 10.6 Å². The lowest BCUT2D eigenvalue weighted by Gasteiger charge is -2.25. The summed E-state index contributed by atoms with van der Waals surface area (Å²) in [5.74, 6) is 1.71. The molecule has 0 spiro atoms. The van der Waals surface area contributed by atoms with Gasteiger partial charge in [-0.3, -0.25) is 4.98 Å². The fourth-order valence-corrected chi connectivity index (χ4v) is 2.55. The molecular weight excluding hydrogens is 250 g/mol. The Kier molecular flexibility index (Phi) is 3.69. The molecule has 1 aliphatic rings. The Morgan fingerprint density at radius 1 is 1.35 bits per heavy atom. The Bertz CT molecular complexity index is 572. The van der Waals surface area contributed by atoms with E-state index in [1.54, 1.807) is 0 Å². The molecule has 106 valence electrons. The normalized spacial score (nSPS) is 17.6. The minimum Gasteiger partial charge on any atom is -0.370 e. The number of rotatable bonds is 4. The molecule has 1 atom stereocenters. The zero-order valence-electron chi connectivity index (χ0n) is 12.1. The Labute approximate surface area is 119 Å². The van der Waals surface area contributed by atoms with E-state index in [9.17, 15) is 0 Å². The van der Waals surface area contributed by atoms with Crippen molar-refractivity contribution in [1.29, 1.82) is 0 Å². The maximum absolute atomic E-state index is 4.49. The van der Waals surface area contributed by atoms with Crippen LogP contribution in [-0.4, -0.2) is 27.9 Å². The van der Waals surface area contributed by atoms with Gasteiger partial charge in [0, 0.05) is 50.1 Å². The van der Waals surface area contributed by atoms with Crippen molar-refractivity contribution in [1.82, 2.24) is 20.1 Å². The number of pyridine rings is 1. The van der Waals surface area contributed by atoms with Crippen LogP contribution in [0.4, 0.5) is 5.82 Å². The molecule has 5 heteroatoms. The summed E-state index contributed by atoms with van der Waals surface area (Å²) in [6.07, 6.45) is 1.94. The topological polar surface area (TPSA) is 54.8 Å². The number of anilines is 1. The van der Waals surface area contributed by atoms with Crippen LogP contribution in [0.5, 0.6) is 0 Å². The standard InChI is InChI=1S/C15H21N5/c1-11-3-4-13(8-17-11)6-16-7-14-9-18-15-5-12(2)19-20(15)10-14/h3-5,8,14,16,18H,6-7,9-10H2,1-2H3/t14-/m0/s1. The Balaban J connectivity index is 1.49. The maximum atomic E-state index is 4.49. The third-order valence-electron chi connectivity index (χ3n) is 3.64. The molecular formula is C15H21N5. The van der Waals surface area contributed by atoms with Gasteiger partial charge >= 0.3 is 0 Å². The highest BCUT2D eigenvalue weighted by Gasteiger charge is 2.18. The van der Waals surface area contributed by atoms with E-state index in [0.717, 1.165) is 43.4 Å². The molecule has 3 rings (SSSR count). The van der Waals surface area contributed by atoms with Crippen molar-refractivity contribution in [3.63, 3.8) is 0 Å². The van der Waals surface area contributed by atoms with E-state index in [2.05, 4.69) is 43.6 Å². The van der Waals surface area contributed by atoms with Crippen molar-refractivity contribution >= 4 is 5.82 Å². The molecule has 0 saturated heterocycles. The second-order valence-electron chi connectivity index (χ2n) is 5.54. The SMILES string of the molecule is Cc1ccc(CNC[C@H]2CNc3cc(C)nn3C2)cn1. The summed E-state index contributed by atoms with van der Waals surface area (Å²) in [5, 5.41) is 11.4. The molecule has 3 heterocycles. The summed E-state index contributed by atoms with van der Waals surface area (Å²) in [5.41, 5.74) is 3.37. The van der Waals surface area contributed by atoms with E-state index in [0.29, 0.717) is 5.92 Å². The van der Waals surface area contributed by atoms with E-state index in [4.69, 9.17) is 0 Å². The third kappa shape index (κ3) is 2.99. The average molecular weight is 271 g/mol. The molecule has 0 aromatic carbocycles. The fraction of sp³-hybridized carbons (Fsp3) is 0.467. The Morgan fingerprint density at radius 2 is 2.25 bits per heavy atom. The molecule has 1 aliphatic heterocycles. The molecule has 2 aromatic rings. The molecule has 2 aromatic heterocycles. The fourth-order valence-electron chi connectivity index (χ4n) is 2.55. The lowest BCUT2D eigenvalue weighted by atomic mass is 10.1. The van der Waals surface area contributed by atoms with Crippen LogP contribution in [0.2, 0.25) is 0 Å². The van der Waals surface area contributed by atoms with Crippen molar-refractivity contribution in [2.45, 2.75) is 26.9 Å². The number of nitrogens with zero attached hydrogens (tertiary/aromatic N) is 3. The van der Waals surface area contributed by atoms with Crippen LogP contribution in [0.3, 0.4) is 0 Å². The first kappa shape index (κ1) is 13.1. The van der Waals surface area contributed by atoms with E-state index in [1.807, 2.05) is 20.0 Å². The van der Waals surface area contributed by atoms with Gasteiger partial charge in [-0.15, -0.1) is 0 Å². The predicted molar refractivity (Wildman–Crippen MR) is 79.6 cm³/mol. The molecule has 0 radical (unpaired) electrons. The van der Waals surface area contributed by atoms with Crippen LogP contribution in [0, 0.1) is 19.8 Å². The summed E-state index contributed by atoms with van der Waals surface area (Å²) in [6.45, 7) is 7.88. The summed E-state index contributed by atoms with van der Waals surface area (Å²) in [7, 11) is 0. The van der Waals surface area contributed by atoms with E-state index in [1.165, 1.54) is 5.56 Å². The summed E-state index contributed by atoms with van der Waals surface area (Å²) >= 11 is 0. The highest BCUT2D eigenvalue weighted by Crippen LogP contribution is 2.17. The molecule has 0 saturated carbocycles. The number of hydrogen-bond donors (Lipinski definition) is 2. The van der Waals surface area contributed by atoms with Crippen molar-refractivity contribution in [2.24, 2.45) is 5.92 Å². The number of fused-ring (bicyclic) bond motifs is 1. The zero-order chi connectivity index (χ0) is 13.9. The van der Waals surface area contributed by atoms with Crippen LogP contribution in [-0.2, 0) is 13.1 Å². The van der Waals surface area contributed by atoms with Crippen molar-refractivity contribution < 1.29 is 0 Å². The lowest BCUT2D eigenvalue weighted by Crippen LogP contribution is -2.35. The van der Waals surface area contributed by atoms with Crippen LogP contribution in [0.25, 0.3) is 0 Å². The average Bonchev–Trinajstić information content (AvgIpc) is 2.80. The molecule has 20 heavy (non-hydrogen) atoms. The maximum Gasteiger partial charge on any atom is 0.124 e. The molecule has 0 fully saturated rings. The predicted octanol–water partition coefficient (Wildman–Crippen LogP) is 1.73. The first-order valence-electron chi connectivity index (χ1n) is 7.11. The van der Waals surface area contributed by atoms with Gasteiger partial charge in [-0.1, -0.05) is 6.07 Å². The van der Waals surface area contributed by atoms with Crippen LogP contribution in [0.1, 0.15) is 17.0 Å². The Morgan fingerprint density at radius 3 is 3.05 bits per heavy atom. The largest absolute Gasteiger partial charge is 0.370 e. The van der Waals surface area contributed by atoms with Gasteiger partial charge in [0.05, 0.1) is 5.69 Å². The minimum atomic E-state index is 0.570. The van der Waals surface area contributed by atoms with Gasteiger partial charge in [0.1, 0.15) is 5.82 Å². The van der Waals surface area contributed by atoms with Crippen molar-refractivity contribution in [2.75, 3.05) is 18.4 Å². The van der Waals surface area contributed by atoms with Gasteiger partial charge in [-0.2, -0.15) is 5.10 Å². The van der Waals surface area contributed by atoms with Gasteiger partial charge in [-0.05, 0) is 25.5 Å². The van der Waals surface area contributed by atoms with Crippen molar-refractivity contribution in [3.05, 3.63) is 41.3 Å². The van der Waals surface area contributed by atoms with E-state index >= 15 is 0 Å². The van der Waals surface area contributed by atoms with Crippen molar-refractivity contribution in [3.8, 4) is 0 Å². The van der Waals surface area contributed by atoms with Crippen LogP contribution >= 0.6 is 0 Å². The molecule has 0 bridgehead atoms. The quantitative estimate of drug-likeness (QED) is 0.889. The summed E-state index contributed by atoms with van der Waals surface area (Å²) < 4.78 is 2.07. The molecule has 0 amide bonds. The van der Waals surface area contributed by atoms with Gasteiger partial charge in [0.2, 0.25) is 0 Å². The number of nitrogens with one attached hydrogen (secondary N) is 2. The molecule has 2 N–H and O–H groups in total. The monoisotopic (exact) mass is 271 g/mol. The molecule has 0 unspecified atom stereocenters. The first-order chi connectivity index (χ1) is 9.70. The summed E-state index contributed by atoms with van der Waals surface area (Å²) in [6, 6.07) is 6.28. The zero-order valence-corrected chi connectivity index (χ0v) is 12.1. The first-order valence-corrected chi connectivity index (χ1v) is 7.11. The summed E-state index contributed by atoms with van der Waals surface area (Å²) in [4.78, 5) is 4.31. The Hall–Kier alpha value is -1.88. The second-order valence-corrected chi connectivity index (χ2v) is 5.54. The van der Waals surface area contributed by atoms with Gasteiger partial charge < -0.3 is 10.6 Å². The van der Waals surface area contributed by atoms with Gasteiger partial charge in [-0.25, -0.2) is 4.68 Å².